The van der Waals surface area contributed by atoms with E-state index in [1.54, 1.807) is 24.5 Å². The Morgan fingerprint density at radius 2 is 1.97 bits per heavy atom. The number of carbonyl (C=O) groups is 1. The van der Waals surface area contributed by atoms with Gasteiger partial charge in [0.05, 0.1) is 20.4 Å². The lowest BCUT2D eigenvalue weighted by atomic mass is 9.76. The summed E-state index contributed by atoms with van der Waals surface area (Å²) in [5, 5.41) is 4.10. The molecule has 0 bridgehead atoms. The second kappa shape index (κ2) is 9.23. The van der Waals surface area contributed by atoms with E-state index in [0.717, 1.165) is 32.8 Å². The van der Waals surface area contributed by atoms with Crippen molar-refractivity contribution in [2.75, 3.05) is 18.4 Å². The predicted octanol–water partition coefficient (Wildman–Crippen LogP) is 5.55. The largest absolute Gasteiger partial charge is 0.352 e. The van der Waals surface area contributed by atoms with Crippen molar-refractivity contribution in [2.45, 2.75) is 39.7 Å². The lowest BCUT2D eigenvalue weighted by molar-refractivity contribution is 0.0315. The van der Waals surface area contributed by atoms with Crippen LogP contribution in [-0.2, 0) is 0 Å². The highest BCUT2D eigenvalue weighted by Gasteiger charge is 2.41. The first-order chi connectivity index (χ1) is 15.2. The summed E-state index contributed by atoms with van der Waals surface area (Å²) in [6, 6.07) is 6.16. The quantitative estimate of drug-likeness (QED) is 0.480. The van der Waals surface area contributed by atoms with Crippen LogP contribution in [0.15, 0.2) is 41.1 Å². The van der Waals surface area contributed by atoms with Crippen LogP contribution < -0.4 is 5.32 Å². The summed E-state index contributed by atoms with van der Waals surface area (Å²) in [6.07, 6.45) is 5.33. The van der Waals surface area contributed by atoms with Gasteiger partial charge in [0, 0.05) is 25.5 Å². The SMILES string of the molecule is Cc1nc(C(=O)N2CCCC(C)(C)[C@H]2CNc2ncc(Br)cn2)c(-c2ccc(F)cc2)s1. The number of carbonyl (C=O) groups excluding carboxylic acids is 1. The second-order valence-corrected chi connectivity index (χ2v) is 10.7. The van der Waals surface area contributed by atoms with E-state index in [0.29, 0.717) is 24.7 Å². The van der Waals surface area contributed by atoms with Crippen LogP contribution in [0.2, 0.25) is 0 Å². The smallest absolute Gasteiger partial charge is 0.274 e. The molecule has 32 heavy (non-hydrogen) atoms. The van der Waals surface area contributed by atoms with Crippen LogP contribution >= 0.6 is 27.3 Å². The highest BCUT2D eigenvalue weighted by molar-refractivity contribution is 9.10. The third kappa shape index (κ3) is 4.83. The zero-order chi connectivity index (χ0) is 22.9. The third-order valence-electron chi connectivity index (χ3n) is 5.88. The molecule has 1 aromatic carbocycles. The number of nitrogens with zero attached hydrogens (tertiary/aromatic N) is 4. The molecule has 0 radical (unpaired) electrons. The number of benzene rings is 1. The summed E-state index contributed by atoms with van der Waals surface area (Å²) in [4.78, 5) is 29.6. The number of aryl methyl sites for hydroxylation is 1. The number of anilines is 1. The zero-order valence-electron chi connectivity index (χ0n) is 18.2. The van der Waals surface area contributed by atoms with Crippen molar-refractivity contribution in [3.8, 4) is 10.4 Å². The molecule has 4 rings (SSSR count). The summed E-state index contributed by atoms with van der Waals surface area (Å²) in [5.41, 5.74) is 1.15. The van der Waals surface area contributed by atoms with Crippen molar-refractivity contribution in [3.05, 3.63) is 57.7 Å². The standard InChI is InChI=1S/C23H25BrFN5OS/c1-14-29-19(20(32-14)15-5-7-17(25)8-6-15)21(31)30-10-4-9-23(2,3)18(30)13-28-22-26-11-16(24)12-27-22/h5-8,11-12,18H,4,9-10,13H2,1-3H3,(H,26,27,28)/t18-/m1/s1. The molecule has 3 aromatic rings. The molecule has 1 amide bonds. The third-order valence-corrected chi connectivity index (χ3v) is 7.31. The minimum absolute atomic E-state index is 0.0564. The molecule has 2 aromatic heterocycles. The molecule has 1 aliphatic rings. The van der Waals surface area contributed by atoms with Crippen molar-refractivity contribution >= 4 is 39.1 Å². The molecule has 3 heterocycles. The maximum atomic E-state index is 13.8. The summed E-state index contributed by atoms with van der Waals surface area (Å²) in [5.74, 6) is 0.130. The fraction of sp³-hybridized carbons (Fsp3) is 0.391. The van der Waals surface area contributed by atoms with E-state index in [4.69, 9.17) is 0 Å². The molecule has 1 aliphatic heterocycles. The minimum atomic E-state index is -0.304. The summed E-state index contributed by atoms with van der Waals surface area (Å²) < 4.78 is 14.2. The van der Waals surface area contributed by atoms with Crippen LogP contribution in [0, 0.1) is 18.2 Å². The molecule has 6 nitrogen and oxygen atoms in total. The van der Waals surface area contributed by atoms with Crippen LogP contribution in [0.25, 0.3) is 10.4 Å². The average molecular weight is 518 g/mol. The molecule has 0 unspecified atom stereocenters. The Balaban J connectivity index is 1.62. The van der Waals surface area contributed by atoms with Crippen LogP contribution in [0.3, 0.4) is 0 Å². The fourth-order valence-electron chi connectivity index (χ4n) is 4.18. The molecular weight excluding hydrogens is 493 g/mol. The van der Waals surface area contributed by atoms with E-state index in [2.05, 4.69) is 50.0 Å². The monoisotopic (exact) mass is 517 g/mol. The number of thiazole rings is 1. The highest BCUT2D eigenvalue weighted by atomic mass is 79.9. The van der Waals surface area contributed by atoms with Crippen molar-refractivity contribution in [1.82, 2.24) is 19.9 Å². The van der Waals surface area contributed by atoms with Gasteiger partial charge in [-0.3, -0.25) is 4.79 Å². The first-order valence-electron chi connectivity index (χ1n) is 10.5. The number of piperidine rings is 1. The minimum Gasteiger partial charge on any atom is -0.352 e. The Labute approximate surface area is 199 Å². The van der Waals surface area contributed by atoms with E-state index in [9.17, 15) is 9.18 Å². The van der Waals surface area contributed by atoms with Crippen LogP contribution in [0.4, 0.5) is 10.3 Å². The Bertz CT molecular complexity index is 1100. The van der Waals surface area contributed by atoms with E-state index >= 15 is 0 Å². The molecule has 9 heteroatoms. The Morgan fingerprint density at radius 1 is 1.28 bits per heavy atom. The van der Waals surface area contributed by atoms with Gasteiger partial charge >= 0.3 is 0 Å². The summed E-state index contributed by atoms with van der Waals surface area (Å²) in [7, 11) is 0. The van der Waals surface area contributed by atoms with Crippen molar-refractivity contribution < 1.29 is 9.18 Å². The maximum absolute atomic E-state index is 13.8. The van der Waals surface area contributed by atoms with Crippen molar-refractivity contribution in [3.63, 3.8) is 0 Å². The summed E-state index contributed by atoms with van der Waals surface area (Å²) >= 11 is 4.80. The first-order valence-corrected chi connectivity index (χ1v) is 12.1. The average Bonchev–Trinajstić information content (AvgIpc) is 3.15. The normalized spacial score (nSPS) is 17.9. The van der Waals surface area contributed by atoms with Gasteiger partial charge in [0.15, 0.2) is 0 Å². The van der Waals surface area contributed by atoms with Crippen LogP contribution in [0.5, 0.6) is 0 Å². The van der Waals surface area contributed by atoms with Crippen molar-refractivity contribution in [1.29, 1.82) is 0 Å². The van der Waals surface area contributed by atoms with Gasteiger partial charge in [-0.1, -0.05) is 26.0 Å². The lowest BCUT2D eigenvalue weighted by Gasteiger charge is -2.46. The van der Waals surface area contributed by atoms with E-state index in [1.165, 1.54) is 23.5 Å². The maximum Gasteiger partial charge on any atom is 0.274 e. The number of nitrogens with one attached hydrogen (secondary N) is 1. The number of hydrogen-bond donors (Lipinski definition) is 1. The van der Waals surface area contributed by atoms with Gasteiger partial charge in [-0.2, -0.15) is 0 Å². The molecule has 0 spiro atoms. The number of amides is 1. The van der Waals surface area contributed by atoms with Gasteiger partial charge in [-0.25, -0.2) is 19.3 Å². The van der Waals surface area contributed by atoms with Gasteiger partial charge < -0.3 is 10.2 Å². The van der Waals surface area contributed by atoms with Crippen molar-refractivity contribution in [2.24, 2.45) is 5.41 Å². The molecule has 168 valence electrons. The lowest BCUT2D eigenvalue weighted by Crippen LogP contribution is -2.55. The Kier molecular flexibility index (Phi) is 6.57. The second-order valence-electron chi connectivity index (χ2n) is 8.63. The first kappa shape index (κ1) is 22.8. The number of rotatable bonds is 5. The Morgan fingerprint density at radius 3 is 2.66 bits per heavy atom. The van der Waals surface area contributed by atoms with Gasteiger partial charge in [0.1, 0.15) is 11.5 Å². The molecule has 0 aliphatic carbocycles. The molecule has 1 saturated heterocycles. The number of hydrogen-bond acceptors (Lipinski definition) is 6. The summed E-state index contributed by atoms with van der Waals surface area (Å²) in [6.45, 7) is 7.46. The van der Waals surface area contributed by atoms with E-state index in [-0.39, 0.29) is 23.2 Å². The fourth-order valence-corrected chi connectivity index (χ4v) is 5.30. The molecule has 0 saturated carbocycles. The van der Waals surface area contributed by atoms with Gasteiger partial charge in [0.25, 0.3) is 5.91 Å². The highest BCUT2D eigenvalue weighted by Crippen LogP contribution is 2.38. The number of likely N-dealkylation sites (tertiary alicyclic amines) is 1. The Hall–Kier alpha value is -2.39. The molecule has 1 N–H and O–H groups in total. The van der Waals surface area contributed by atoms with Gasteiger partial charge in [-0.05, 0) is 58.8 Å². The number of halogens is 2. The molecular formula is C23H25BrFN5OS. The topological polar surface area (TPSA) is 71.0 Å². The zero-order valence-corrected chi connectivity index (χ0v) is 20.6. The van der Waals surface area contributed by atoms with E-state index < -0.39 is 0 Å². The van der Waals surface area contributed by atoms with Crippen LogP contribution in [-0.4, -0.2) is 44.9 Å². The molecule has 1 atom stereocenters. The predicted molar refractivity (Wildman–Crippen MR) is 128 cm³/mol. The van der Waals surface area contributed by atoms with Gasteiger partial charge in [0.2, 0.25) is 5.95 Å². The van der Waals surface area contributed by atoms with Gasteiger partial charge in [-0.15, -0.1) is 11.3 Å². The molecule has 1 fully saturated rings. The number of aromatic nitrogens is 3. The van der Waals surface area contributed by atoms with E-state index in [1.807, 2.05) is 11.8 Å². The van der Waals surface area contributed by atoms with Crippen LogP contribution in [0.1, 0.15) is 42.2 Å².